The summed E-state index contributed by atoms with van der Waals surface area (Å²) in [6, 6.07) is 0. The van der Waals surface area contributed by atoms with Crippen LogP contribution in [0.15, 0.2) is 12.2 Å². The third kappa shape index (κ3) is 4.77. The number of halogens is 1. The van der Waals surface area contributed by atoms with E-state index in [-0.39, 0.29) is 5.97 Å². The van der Waals surface area contributed by atoms with Crippen LogP contribution in [0, 0.1) is 0 Å². The van der Waals surface area contributed by atoms with Gasteiger partial charge in [0.25, 0.3) is 0 Å². The van der Waals surface area contributed by atoms with Crippen LogP contribution in [0.3, 0.4) is 0 Å². The number of carbonyl (C=O) groups excluding carboxylic acids is 1. The van der Waals surface area contributed by atoms with Crippen LogP contribution in [0.5, 0.6) is 0 Å². The van der Waals surface area contributed by atoms with Crippen LogP contribution in [-0.4, -0.2) is 54.1 Å². The van der Waals surface area contributed by atoms with Crippen molar-refractivity contribution in [2.45, 2.75) is 6.92 Å². The van der Waals surface area contributed by atoms with Crippen LogP contribution in [0.2, 0.25) is 0 Å². The largest absolute Gasteiger partial charge is 0.461 e. The number of carbonyl (C=O) groups is 1. The fourth-order valence-corrected chi connectivity index (χ4v) is 1.65. The van der Waals surface area contributed by atoms with Gasteiger partial charge in [-0.3, -0.25) is 4.90 Å². The van der Waals surface area contributed by atoms with E-state index >= 15 is 0 Å². The van der Waals surface area contributed by atoms with Gasteiger partial charge in [-0.25, -0.2) is 8.72 Å². The molecule has 0 spiro atoms. The Kier molecular flexibility index (Phi) is 5.28. The Morgan fingerprint density at radius 3 is 2.53 bits per heavy atom. The van der Waals surface area contributed by atoms with Crippen LogP contribution in [0.25, 0.3) is 0 Å². The minimum atomic E-state index is -0.297. The molecule has 0 aromatic carbocycles. The number of hydrogen-bond donors (Lipinski definition) is 0. The van der Waals surface area contributed by atoms with Crippen molar-refractivity contribution in [3.8, 4) is 0 Å². The number of esters is 1. The van der Waals surface area contributed by atoms with E-state index in [1.807, 2.05) is 0 Å². The average molecular weight is 277 g/mol. The van der Waals surface area contributed by atoms with Crippen molar-refractivity contribution in [2.75, 3.05) is 39.3 Å². The van der Waals surface area contributed by atoms with Gasteiger partial charge >= 0.3 is 5.97 Å². The van der Waals surface area contributed by atoms with Gasteiger partial charge in [-0.15, -0.1) is 0 Å². The molecule has 0 atom stereocenters. The van der Waals surface area contributed by atoms with Crippen LogP contribution in [0.1, 0.15) is 6.92 Å². The molecule has 5 heteroatoms. The predicted molar refractivity (Wildman–Crippen MR) is 62.7 cm³/mol. The summed E-state index contributed by atoms with van der Waals surface area (Å²) in [4.78, 5) is 13.4. The topological polar surface area (TPSA) is 32.8 Å². The van der Waals surface area contributed by atoms with Gasteiger partial charge in [0, 0.05) is 54.4 Å². The molecule has 1 rings (SSSR count). The Morgan fingerprint density at radius 1 is 1.40 bits per heavy atom. The maximum atomic E-state index is 11.1. The van der Waals surface area contributed by atoms with Crippen LogP contribution >= 0.6 is 16.1 Å². The van der Waals surface area contributed by atoms with E-state index in [4.69, 9.17) is 4.74 Å². The average Bonchev–Trinajstić information content (AvgIpc) is 2.20. The van der Waals surface area contributed by atoms with Crippen LogP contribution in [-0.2, 0) is 9.53 Å². The first-order valence-corrected chi connectivity index (χ1v) is 5.76. The van der Waals surface area contributed by atoms with Crippen LogP contribution < -0.4 is 0 Å². The van der Waals surface area contributed by atoms with Gasteiger partial charge in [0.2, 0.25) is 0 Å². The lowest BCUT2D eigenvalue weighted by Gasteiger charge is -2.30. The van der Waals surface area contributed by atoms with Gasteiger partial charge < -0.3 is 4.74 Å². The zero-order chi connectivity index (χ0) is 11.3. The first-order chi connectivity index (χ1) is 7.09. The second kappa shape index (κ2) is 6.25. The van der Waals surface area contributed by atoms with Gasteiger partial charge in [0.1, 0.15) is 6.61 Å². The highest BCUT2D eigenvalue weighted by Crippen LogP contribution is 2.05. The quantitative estimate of drug-likeness (QED) is 0.436. The second-order valence-electron chi connectivity index (χ2n) is 3.67. The Labute approximate surface area is 99.2 Å². The third-order valence-electron chi connectivity index (χ3n) is 2.31. The molecule has 0 aromatic rings. The molecule has 86 valence electrons. The first-order valence-electron chi connectivity index (χ1n) is 5.05. The zero-order valence-electron chi connectivity index (χ0n) is 9.04. The van der Waals surface area contributed by atoms with E-state index in [0.717, 1.165) is 32.7 Å². The van der Waals surface area contributed by atoms with Crippen molar-refractivity contribution in [1.29, 1.82) is 0 Å². The number of hydrogen-bond acceptors (Lipinski definition) is 4. The molecule has 0 N–H and O–H groups in total. The monoisotopic (exact) mass is 276 g/mol. The van der Waals surface area contributed by atoms with Crippen molar-refractivity contribution in [3.63, 3.8) is 0 Å². The summed E-state index contributed by atoms with van der Waals surface area (Å²) in [6.45, 7) is 10.5. The van der Waals surface area contributed by atoms with Gasteiger partial charge in [-0.2, -0.15) is 0 Å². The lowest BCUT2D eigenvalue weighted by molar-refractivity contribution is -0.139. The summed E-state index contributed by atoms with van der Waals surface area (Å²) >= 11 is 3.44. The molecule has 15 heavy (non-hydrogen) atoms. The number of ether oxygens (including phenoxy) is 1. The Hall–Kier alpha value is -0.390. The molecule has 1 saturated heterocycles. The van der Waals surface area contributed by atoms with Crippen molar-refractivity contribution < 1.29 is 9.53 Å². The van der Waals surface area contributed by atoms with Gasteiger partial charge in [-0.1, -0.05) is 6.58 Å². The summed E-state index contributed by atoms with van der Waals surface area (Å²) in [5.41, 5.74) is 0.459. The first kappa shape index (κ1) is 12.7. The Balaban J connectivity index is 2.10. The van der Waals surface area contributed by atoms with E-state index in [0.29, 0.717) is 12.2 Å². The molecule has 0 aromatic heterocycles. The predicted octanol–water partition coefficient (Wildman–Crippen LogP) is 1.03. The molecule has 1 aliphatic heterocycles. The minimum absolute atomic E-state index is 0.297. The van der Waals surface area contributed by atoms with Crippen molar-refractivity contribution in [1.82, 2.24) is 8.83 Å². The fourth-order valence-electron chi connectivity index (χ4n) is 1.34. The SMILES string of the molecule is C=C(C)C(=O)OCCN1CCN(Br)CC1. The lowest BCUT2D eigenvalue weighted by atomic mass is 10.3. The number of nitrogens with zero attached hydrogens (tertiary/aromatic N) is 2. The summed E-state index contributed by atoms with van der Waals surface area (Å²) in [5.74, 6) is -0.297. The molecule has 0 amide bonds. The highest BCUT2D eigenvalue weighted by atomic mass is 79.9. The van der Waals surface area contributed by atoms with Gasteiger partial charge in [-0.05, 0) is 6.92 Å². The lowest BCUT2D eigenvalue weighted by Crippen LogP contribution is -2.43. The molecule has 0 bridgehead atoms. The zero-order valence-corrected chi connectivity index (χ0v) is 10.6. The van der Waals surface area contributed by atoms with E-state index < -0.39 is 0 Å². The molecule has 0 saturated carbocycles. The third-order valence-corrected chi connectivity index (χ3v) is 3.02. The molecule has 0 unspecified atom stereocenters. The smallest absolute Gasteiger partial charge is 0.333 e. The van der Waals surface area contributed by atoms with E-state index in [9.17, 15) is 4.79 Å². The highest BCUT2D eigenvalue weighted by molar-refractivity contribution is 9.07. The van der Waals surface area contributed by atoms with Crippen molar-refractivity contribution in [2.24, 2.45) is 0 Å². The summed E-state index contributed by atoms with van der Waals surface area (Å²) < 4.78 is 7.14. The molecule has 4 nitrogen and oxygen atoms in total. The van der Waals surface area contributed by atoms with Crippen LogP contribution in [0.4, 0.5) is 0 Å². The van der Waals surface area contributed by atoms with E-state index in [1.165, 1.54) is 0 Å². The van der Waals surface area contributed by atoms with E-state index in [1.54, 1.807) is 6.92 Å². The van der Waals surface area contributed by atoms with E-state index in [2.05, 4.69) is 31.6 Å². The Morgan fingerprint density at radius 2 is 2.00 bits per heavy atom. The highest BCUT2D eigenvalue weighted by Gasteiger charge is 2.14. The van der Waals surface area contributed by atoms with Gasteiger partial charge in [0.05, 0.1) is 0 Å². The molecule has 1 fully saturated rings. The van der Waals surface area contributed by atoms with Crippen molar-refractivity contribution >= 4 is 22.1 Å². The number of piperazine rings is 1. The molecule has 0 radical (unpaired) electrons. The second-order valence-corrected chi connectivity index (χ2v) is 4.67. The van der Waals surface area contributed by atoms with Crippen molar-refractivity contribution in [3.05, 3.63) is 12.2 Å². The number of rotatable bonds is 4. The summed E-state index contributed by atoms with van der Waals surface area (Å²) in [7, 11) is 0. The minimum Gasteiger partial charge on any atom is -0.461 e. The summed E-state index contributed by atoms with van der Waals surface area (Å²) in [6.07, 6.45) is 0. The fraction of sp³-hybridized carbons (Fsp3) is 0.700. The molecule has 1 aliphatic rings. The molecule has 1 heterocycles. The normalized spacial score (nSPS) is 18.8. The maximum absolute atomic E-state index is 11.1. The molecular formula is C10H17BrN2O2. The van der Waals surface area contributed by atoms with Gasteiger partial charge in [0.15, 0.2) is 0 Å². The molecule has 0 aliphatic carbocycles. The maximum Gasteiger partial charge on any atom is 0.333 e. The summed E-state index contributed by atoms with van der Waals surface area (Å²) in [5, 5.41) is 0. The Bertz CT molecular complexity index is 238. The standard InChI is InChI=1S/C10H17BrN2O2/c1-9(2)10(14)15-8-7-12-3-5-13(11)6-4-12/h1,3-8H2,2H3. The molecular weight excluding hydrogens is 260 g/mol.